The SMILES string of the molecule is CCc1ccccc1S(=O)(=O)N[C@@H](CN(C=O)C1=NOC2(CCC(CNc3ccccn3)CC2)C1)C(=O)O. The number of hydrogen-bond donors (Lipinski definition) is 3. The number of amidine groups is 1. The minimum atomic E-state index is -4.14. The molecule has 11 nitrogen and oxygen atoms in total. The number of aryl methyl sites for hydroxylation is 1. The number of aromatic nitrogens is 1. The van der Waals surface area contributed by atoms with E-state index in [4.69, 9.17) is 4.84 Å². The fourth-order valence-electron chi connectivity index (χ4n) is 4.93. The number of nitrogens with zero attached hydrogens (tertiary/aromatic N) is 3. The van der Waals surface area contributed by atoms with Crippen molar-refractivity contribution in [1.82, 2.24) is 14.6 Å². The van der Waals surface area contributed by atoms with Gasteiger partial charge in [-0.3, -0.25) is 14.5 Å². The number of hydrogen-bond acceptors (Lipinski definition) is 8. The van der Waals surface area contributed by atoms with Gasteiger partial charge >= 0.3 is 5.97 Å². The van der Waals surface area contributed by atoms with E-state index < -0.39 is 34.2 Å². The molecule has 0 radical (unpaired) electrons. The Morgan fingerprint density at radius 3 is 2.63 bits per heavy atom. The molecule has 38 heavy (non-hydrogen) atoms. The summed E-state index contributed by atoms with van der Waals surface area (Å²) in [6, 6.07) is 10.6. The van der Waals surface area contributed by atoms with E-state index in [0.717, 1.165) is 42.9 Å². The maximum Gasteiger partial charge on any atom is 0.323 e. The molecule has 2 heterocycles. The normalized spacial score (nSPS) is 21.8. The van der Waals surface area contributed by atoms with Crippen molar-refractivity contribution in [1.29, 1.82) is 0 Å². The summed E-state index contributed by atoms with van der Waals surface area (Å²) in [5.74, 6) is 0.169. The molecule has 0 unspecified atom stereocenters. The quantitative estimate of drug-likeness (QED) is 0.366. The zero-order valence-corrected chi connectivity index (χ0v) is 22.1. The molecule has 1 fully saturated rings. The molecule has 1 aromatic heterocycles. The summed E-state index contributed by atoms with van der Waals surface area (Å²) in [5.41, 5.74) is 0.0221. The van der Waals surface area contributed by atoms with Crippen molar-refractivity contribution in [2.24, 2.45) is 11.1 Å². The highest BCUT2D eigenvalue weighted by atomic mass is 32.2. The molecule has 1 aliphatic heterocycles. The average molecular weight is 544 g/mol. The minimum Gasteiger partial charge on any atom is -0.480 e. The molecular weight excluding hydrogens is 510 g/mol. The number of anilines is 1. The van der Waals surface area contributed by atoms with Crippen LogP contribution >= 0.6 is 0 Å². The molecule has 1 aliphatic carbocycles. The topological polar surface area (TPSA) is 150 Å². The van der Waals surface area contributed by atoms with Crippen molar-refractivity contribution in [3.05, 3.63) is 54.2 Å². The zero-order valence-electron chi connectivity index (χ0n) is 21.2. The Kier molecular flexibility index (Phi) is 8.62. The van der Waals surface area contributed by atoms with E-state index >= 15 is 0 Å². The third kappa shape index (κ3) is 6.48. The van der Waals surface area contributed by atoms with Gasteiger partial charge in [0.1, 0.15) is 17.5 Å². The number of oxime groups is 1. The zero-order chi connectivity index (χ0) is 27.2. The van der Waals surface area contributed by atoms with Crippen molar-refractivity contribution < 1.29 is 28.0 Å². The molecule has 2 aliphatic rings. The highest BCUT2D eigenvalue weighted by Gasteiger charge is 2.44. The van der Waals surface area contributed by atoms with Gasteiger partial charge in [-0.05, 0) is 61.8 Å². The fourth-order valence-corrected chi connectivity index (χ4v) is 6.42. The number of benzene rings is 1. The summed E-state index contributed by atoms with van der Waals surface area (Å²) >= 11 is 0. The summed E-state index contributed by atoms with van der Waals surface area (Å²) < 4.78 is 28.2. The maximum absolute atomic E-state index is 13.0. The summed E-state index contributed by atoms with van der Waals surface area (Å²) in [7, 11) is -4.14. The van der Waals surface area contributed by atoms with Crippen LogP contribution < -0.4 is 10.0 Å². The Balaban J connectivity index is 1.35. The lowest BCUT2D eigenvalue weighted by Crippen LogP contribution is -2.50. The lowest BCUT2D eigenvalue weighted by atomic mass is 9.77. The number of rotatable bonds is 11. The van der Waals surface area contributed by atoms with E-state index in [1.807, 2.05) is 25.1 Å². The number of nitrogens with one attached hydrogen (secondary N) is 2. The van der Waals surface area contributed by atoms with Crippen LogP contribution in [0.3, 0.4) is 0 Å². The van der Waals surface area contributed by atoms with Gasteiger partial charge in [-0.15, -0.1) is 0 Å². The number of carbonyl (C=O) groups is 2. The highest BCUT2D eigenvalue weighted by molar-refractivity contribution is 7.89. The van der Waals surface area contributed by atoms with E-state index in [2.05, 4.69) is 20.2 Å². The molecule has 1 aromatic carbocycles. The van der Waals surface area contributed by atoms with Gasteiger partial charge in [-0.2, -0.15) is 4.72 Å². The van der Waals surface area contributed by atoms with Gasteiger partial charge in [0.05, 0.1) is 17.9 Å². The summed E-state index contributed by atoms with van der Waals surface area (Å²) in [6.45, 7) is 2.19. The van der Waals surface area contributed by atoms with Crippen molar-refractivity contribution in [3.63, 3.8) is 0 Å². The number of carboxylic acid groups (broad SMARTS) is 1. The second-order valence-corrected chi connectivity index (χ2v) is 11.4. The predicted octanol–water partition coefficient (Wildman–Crippen LogP) is 2.61. The number of carbonyl (C=O) groups excluding carboxylic acids is 1. The molecule has 2 aromatic rings. The molecule has 1 saturated carbocycles. The van der Waals surface area contributed by atoms with E-state index in [9.17, 15) is 23.1 Å². The van der Waals surface area contributed by atoms with Crippen LogP contribution in [0.2, 0.25) is 0 Å². The number of aliphatic carboxylic acids is 1. The summed E-state index contributed by atoms with van der Waals surface area (Å²) in [6.07, 6.45) is 6.31. The third-order valence-electron chi connectivity index (χ3n) is 7.15. The molecule has 12 heteroatoms. The van der Waals surface area contributed by atoms with Crippen molar-refractivity contribution in [2.75, 3.05) is 18.4 Å². The van der Waals surface area contributed by atoms with Crippen LogP contribution in [0.5, 0.6) is 0 Å². The first kappa shape index (κ1) is 27.5. The van der Waals surface area contributed by atoms with E-state index in [-0.39, 0.29) is 4.90 Å². The number of amides is 1. The highest BCUT2D eigenvalue weighted by Crippen LogP contribution is 2.41. The Hall–Kier alpha value is -3.51. The molecule has 204 valence electrons. The third-order valence-corrected chi connectivity index (χ3v) is 8.73. The van der Waals surface area contributed by atoms with Crippen LogP contribution in [-0.4, -0.2) is 66.4 Å². The summed E-state index contributed by atoms with van der Waals surface area (Å²) in [4.78, 5) is 35.1. The largest absolute Gasteiger partial charge is 0.480 e. The smallest absolute Gasteiger partial charge is 0.323 e. The summed E-state index contributed by atoms with van der Waals surface area (Å²) in [5, 5.41) is 17.2. The first-order valence-corrected chi connectivity index (χ1v) is 14.2. The van der Waals surface area contributed by atoms with Crippen molar-refractivity contribution in [2.45, 2.75) is 62.0 Å². The van der Waals surface area contributed by atoms with Crippen LogP contribution in [0.1, 0.15) is 44.6 Å². The Morgan fingerprint density at radius 1 is 1.24 bits per heavy atom. The fraction of sp³-hybridized carbons (Fsp3) is 0.462. The van der Waals surface area contributed by atoms with Gasteiger partial charge < -0.3 is 15.3 Å². The Morgan fingerprint density at radius 2 is 1.97 bits per heavy atom. The molecule has 1 spiro atoms. The molecule has 4 rings (SSSR count). The van der Waals surface area contributed by atoms with Crippen LogP contribution in [-0.2, 0) is 30.9 Å². The molecule has 1 amide bonds. The van der Waals surface area contributed by atoms with E-state index in [1.54, 1.807) is 24.4 Å². The molecule has 3 N–H and O–H groups in total. The van der Waals surface area contributed by atoms with Crippen LogP contribution in [0.25, 0.3) is 0 Å². The Labute approximate surface area is 222 Å². The maximum atomic E-state index is 13.0. The number of sulfonamides is 1. The first-order chi connectivity index (χ1) is 18.2. The lowest BCUT2D eigenvalue weighted by molar-refractivity contribution is -0.139. The second kappa shape index (κ2) is 11.9. The van der Waals surface area contributed by atoms with Gasteiger partial charge in [0.2, 0.25) is 16.4 Å². The molecular formula is C26H33N5O6S. The van der Waals surface area contributed by atoms with Gasteiger partial charge in [0, 0.05) is 12.7 Å². The molecule has 0 saturated heterocycles. The van der Waals surface area contributed by atoms with E-state index in [1.165, 1.54) is 6.07 Å². The Bertz CT molecular complexity index is 1260. The molecule has 0 bridgehead atoms. The first-order valence-electron chi connectivity index (χ1n) is 12.7. The van der Waals surface area contributed by atoms with Gasteiger partial charge in [-0.1, -0.05) is 36.3 Å². The second-order valence-electron chi connectivity index (χ2n) is 9.73. The van der Waals surface area contributed by atoms with Crippen molar-refractivity contribution >= 4 is 34.1 Å². The monoisotopic (exact) mass is 543 g/mol. The predicted molar refractivity (Wildman–Crippen MR) is 141 cm³/mol. The standard InChI is InChI=1S/C26H33N5O6S/c1-2-20-7-3-4-8-22(20)38(35,36)30-21(25(33)34)17-31(18-32)24-15-26(37-29-24)12-10-19(11-13-26)16-28-23-9-5-6-14-27-23/h3-9,14,18-19,21,30H,2,10-13,15-17H2,1H3,(H,27,28)(H,33,34)/t19?,21-,26?/m0/s1. The van der Waals surface area contributed by atoms with Gasteiger partial charge in [-0.25, -0.2) is 13.4 Å². The van der Waals surface area contributed by atoms with Crippen molar-refractivity contribution in [3.8, 4) is 0 Å². The lowest BCUT2D eigenvalue weighted by Gasteiger charge is -2.35. The van der Waals surface area contributed by atoms with Crippen LogP contribution in [0, 0.1) is 5.92 Å². The average Bonchev–Trinajstić information content (AvgIpc) is 3.34. The van der Waals surface area contributed by atoms with Crippen LogP contribution in [0.4, 0.5) is 5.82 Å². The van der Waals surface area contributed by atoms with Crippen LogP contribution in [0.15, 0.2) is 58.7 Å². The van der Waals surface area contributed by atoms with E-state index in [0.29, 0.717) is 36.6 Å². The minimum absolute atomic E-state index is 0.0150. The number of carboxylic acids is 1. The van der Waals surface area contributed by atoms with Gasteiger partial charge in [0.15, 0.2) is 5.84 Å². The number of pyridine rings is 1. The molecule has 1 atom stereocenters. The van der Waals surface area contributed by atoms with Gasteiger partial charge in [0.25, 0.3) is 0 Å².